The third-order valence-electron chi connectivity index (χ3n) is 4.16. The van der Waals surface area contributed by atoms with Crippen LogP contribution >= 0.6 is 24.0 Å². The van der Waals surface area contributed by atoms with Crippen molar-refractivity contribution in [2.75, 3.05) is 5.32 Å². The van der Waals surface area contributed by atoms with E-state index in [4.69, 9.17) is 9.73 Å². The Hall–Kier alpha value is -2.55. The molecule has 29 heavy (non-hydrogen) atoms. The van der Waals surface area contributed by atoms with Gasteiger partial charge in [0.25, 0.3) is 0 Å². The van der Waals surface area contributed by atoms with Crippen molar-refractivity contribution in [1.29, 1.82) is 0 Å². The van der Waals surface area contributed by atoms with Gasteiger partial charge < -0.3 is 15.4 Å². The molecule has 3 rings (SSSR count). The number of anilines is 1. The predicted molar refractivity (Wildman–Crippen MR) is 129 cm³/mol. The summed E-state index contributed by atoms with van der Waals surface area (Å²) in [5, 5.41) is 13.6. The van der Waals surface area contributed by atoms with Gasteiger partial charge in [-0.25, -0.2) is 4.99 Å². The molecule has 0 spiro atoms. The van der Waals surface area contributed by atoms with E-state index < -0.39 is 0 Å². The summed E-state index contributed by atoms with van der Waals surface area (Å²) in [5.74, 6) is 1.56. The Balaban J connectivity index is 0.00000300. The molecule has 3 N–H and O–H groups in total. The van der Waals surface area contributed by atoms with Crippen molar-refractivity contribution in [2.24, 2.45) is 4.99 Å². The smallest absolute Gasteiger partial charge is 0.196 e. The van der Waals surface area contributed by atoms with Crippen LogP contribution in [0.15, 0.2) is 65.8 Å². The molecule has 0 aliphatic carbocycles. The lowest BCUT2D eigenvalue weighted by atomic mass is 10.1. The highest BCUT2D eigenvalue weighted by Gasteiger charge is 2.04. The van der Waals surface area contributed by atoms with E-state index in [0.29, 0.717) is 19.0 Å². The number of benzene rings is 2. The second-order valence-corrected chi connectivity index (χ2v) is 6.84. The Morgan fingerprint density at radius 1 is 1.10 bits per heavy atom. The molecule has 3 aromatic rings. The fourth-order valence-electron chi connectivity index (χ4n) is 2.68. The SMILES string of the molecule is Cc1ccccc1CN=C(NCc1ccn[nH]1)Nc1ccc(OC(C)C)cc1.I. The van der Waals surface area contributed by atoms with Crippen LogP contribution in [0.3, 0.4) is 0 Å². The lowest BCUT2D eigenvalue weighted by molar-refractivity contribution is 0.242. The number of aromatic amines is 1. The van der Waals surface area contributed by atoms with Gasteiger partial charge in [-0.1, -0.05) is 24.3 Å². The molecule has 0 unspecified atom stereocenters. The zero-order valence-electron chi connectivity index (χ0n) is 17.0. The number of ether oxygens (including phenoxy) is 1. The van der Waals surface area contributed by atoms with Gasteiger partial charge in [0.1, 0.15) is 5.75 Å². The number of nitrogens with zero attached hydrogens (tertiary/aromatic N) is 2. The van der Waals surface area contributed by atoms with Gasteiger partial charge in [0, 0.05) is 11.9 Å². The van der Waals surface area contributed by atoms with Gasteiger partial charge in [0.2, 0.25) is 0 Å². The van der Waals surface area contributed by atoms with Gasteiger partial charge in [-0.15, -0.1) is 24.0 Å². The quantitative estimate of drug-likeness (QED) is 0.243. The maximum atomic E-state index is 5.70. The first-order valence-electron chi connectivity index (χ1n) is 9.45. The highest BCUT2D eigenvalue weighted by molar-refractivity contribution is 14.0. The number of halogens is 1. The predicted octanol–water partition coefficient (Wildman–Crippen LogP) is 4.88. The van der Waals surface area contributed by atoms with E-state index in [-0.39, 0.29) is 30.1 Å². The van der Waals surface area contributed by atoms with Crippen LogP contribution < -0.4 is 15.4 Å². The number of nitrogens with one attached hydrogen (secondary N) is 3. The molecule has 6 nitrogen and oxygen atoms in total. The summed E-state index contributed by atoms with van der Waals surface area (Å²) in [6.45, 7) is 7.33. The van der Waals surface area contributed by atoms with Crippen molar-refractivity contribution in [3.8, 4) is 5.75 Å². The summed E-state index contributed by atoms with van der Waals surface area (Å²) >= 11 is 0. The molecular formula is C22H28IN5O. The first-order chi connectivity index (χ1) is 13.6. The van der Waals surface area contributed by atoms with Crippen LogP contribution in [0.1, 0.15) is 30.7 Å². The number of aromatic nitrogens is 2. The molecule has 0 radical (unpaired) electrons. The van der Waals surface area contributed by atoms with Crippen molar-refractivity contribution < 1.29 is 4.74 Å². The molecule has 0 fully saturated rings. The molecule has 0 bridgehead atoms. The average molecular weight is 505 g/mol. The molecule has 0 saturated carbocycles. The molecule has 0 atom stereocenters. The number of hydrogen-bond donors (Lipinski definition) is 3. The van der Waals surface area contributed by atoms with Gasteiger partial charge in [-0.2, -0.15) is 5.10 Å². The number of guanidine groups is 1. The number of rotatable bonds is 7. The van der Waals surface area contributed by atoms with Gasteiger partial charge in [0.05, 0.1) is 24.9 Å². The minimum atomic E-state index is 0. The van der Waals surface area contributed by atoms with Gasteiger partial charge in [0.15, 0.2) is 5.96 Å². The number of aryl methyl sites for hydroxylation is 1. The first-order valence-corrected chi connectivity index (χ1v) is 9.45. The van der Waals surface area contributed by atoms with Crippen LogP contribution in [0.25, 0.3) is 0 Å². The minimum Gasteiger partial charge on any atom is -0.491 e. The molecule has 7 heteroatoms. The maximum Gasteiger partial charge on any atom is 0.196 e. The van der Waals surface area contributed by atoms with Crippen molar-refractivity contribution in [3.05, 3.63) is 77.6 Å². The molecular weight excluding hydrogens is 477 g/mol. The van der Waals surface area contributed by atoms with Crippen LogP contribution in [0.4, 0.5) is 5.69 Å². The van der Waals surface area contributed by atoms with Crippen LogP contribution in [-0.4, -0.2) is 22.3 Å². The zero-order chi connectivity index (χ0) is 19.8. The Morgan fingerprint density at radius 2 is 1.86 bits per heavy atom. The third-order valence-corrected chi connectivity index (χ3v) is 4.16. The zero-order valence-corrected chi connectivity index (χ0v) is 19.3. The summed E-state index contributed by atoms with van der Waals surface area (Å²) in [4.78, 5) is 4.75. The Kier molecular flexibility index (Phi) is 8.98. The summed E-state index contributed by atoms with van der Waals surface area (Å²) in [5.41, 5.74) is 4.36. The highest BCUT2D eigenvalue weighted by atomic mass is 127. The van der Waals surface area contributed by atoms with Crippen LogP contribution in [0, 0.1) is 6.92 Å². The summed E-state index contributed by atoms with van der Waals surface area (Å²) in [7, 11) is 0. The number of hydrogen-bond acceptors (Lipinski definition) is 3. The van der Waals surface area contributed by atoms with Gasteiger partial charge in [-0.05, 0) is 62.2 Å². The van der Waals surface area contributed by atoms with Crippen molar-refractivity contribution >= 4 is 35.6 Å². The Labute approximate surface area is 189 Å². The summed E-state index contributed by atoms with van der Waals surface area (Å²) < 4.78 is 5.70. The van der Waals surface area contributed by atoms with E-state index in [2.05, 4.69) is 39.9 Å². The molecule has 1 heterocycles. The second-order valence-electron chi connectivity index (χ2n) is 6.84. The van der Waals surface area contributed by atoms with E-state index in [1.54, 1.807) is 6.20 Å². The lowest BCUT2D eigenvalue weighted by Crippen LogP contribution is -2.30. The number of aliphatic imine (C=N–C) groups is 1. The maximum absolute atomic E-state index is 5.70. The van der Waals surface area contributed by atoms with Crippen LogP contribution in [-0.2, 0) is 13.1 Å². The van der Waals surface area contributed by atoms with Crippen molar-refractivity contribution in [1.82, 2.24) is 15.5 Å². The summed E-state index contributed by atoms with van der Waals surface area (Å²) in [6, 6.07) is 18.1. The average Bonchev–Trinajstić information content (AvgIpc) is 3.20. The molecule has 0 amide bonds. The van der Waals surface area contributed by atoms with Crippen molar-refractivity contribution in [3.63, 3.8) is 0 Å². The third kappa shape index (κ3) is 7.41. The molecule has 1 aromatic heterocycles. The van der Waals surface area contributed by atoms with Gasteiger partial charge >= 0.3 is 0 Å². The van der Waals surface area contributed by atoms with Crippen LogP contribution in [0.2, 0.25) is 0 Å². The normalized spacial score (nSPS) is 11.1. The largest absolute Gasteiger partial charge is 0.491 e. The molecule has 154 valence electrons. The van der Waals surface area contributed by atoms with E-state index in [1.807, 2.05) is 56.3 Å². The molecule has 0 saturated heterocycles. The highest BCUT2D eigenvalue weighted by Crippen LogP contribution is 2.17. The molecule has 0 aliphatic rings. The van der Waals surface area contributed by atoms with Crippen LogP contribution in [0.5, 0.6) is 5.75 Å². The fourth-order valence-corrected chi connectivity index (χ4v) is 2.68. The molecule has 2 aromatic carbocycles. The van der Waals surface area contributed by atoms with Crippen molar-refractivity contribution in [2.45, 2.75) is 40.0 Å². The monoisotopic (exact) mass is 505 g/mol. The lowest BCUT2D eigenvalue weighted by Gasteiger charge is -2.14. The summed E-state index contributed by atoms with van der Waals surface area (Å²) in [6.07, 6.45) is 1.89. The number of H-pyrrole nitrogens is 1. The molecule has 0 aliphatic heterocycles. The van der Waals surface area contributed by atoms with E-state index >= 15 is 0 Å². The second kappa shape index (κ2) is 11.5. The van der Waals surface area contributed by atoms with E-state index in [1.165, 1.54) is 11.1 Å². The first kappa shape index (κ1) is 22.7. The Morgan fingerprint density at radius 3 is 2.52 bits per heavy atom. The minimum absolute atomic E-state index is 0. The fraction of sp³-hybridized carbons (Fsp3) is 0.273. The van der Waals surface area contributed by atoms with E-state index in [0.717, 1.165) is 17.1 Å². The Bertz CT molecular complexity index is 892. The topological polar surface area (TPSA) is 74.3 Å². The standard InChI is InChI=1S/C22H27N5O.HI/c1-16(2)28-21-10-8-19(9-11-21)26-22(24-15-20-12-13-25-27-20)23-14-18-7-5-4-6-17(18)3;/h4-13,16H,14-15H2,1-3H3,(H,25,27)(H2,23,24,26);1H. The van der Waals surface area contributed by atoms with E-state index in [9.17, 15) is 0 Å². The van der Waals surface area contributed by atoms with Gasteiger partial charge in [-0.3, -0.25) is 5.10 Å².